The van der Waals surface area contributed by atoms with Crippen molar-refractivity contribution in [2.24, 2.45) is 0 Å². The fourth-order valence-electron chi connectivity index (χ4n) is 1.80. The third-order valence-electron chi connectivity index (χ3n) is 2.70. The fourth-order valence-corrected chi connectivity index (χ4v) is 2.02. The highest BCUT2D eigenvalue weighted by Crippen LogP contribution is 2.20. The van der Waals surface area contributed by atoms with Crippen LogP contribution in [-0.4, -0.2) is 17.1 Å². The molecule has 0 aliphatic carbocycles. The van der Waals surface area contributed by atoms with E-state index in [9.17, 15) is 0 Å². The van der Waals surface area contributed by atoms with Gasteiger partial charge >= 0.3 is 0 Å². The molecule has 2 aromatic rings. The van der Waals surface area contributed by atoms with Crippen LogP contribution in [0.25, 0.3) is 0 Å². The van der Waals surface area contributed by atoms with Crippen molar-refractivity contribution in [1.29, 1.82) is 0 Å². The molecule has 18 heavy (non-hydrogen) atoms. The quantitative estimate of drug-likeness (QED) is 0.793. The zero-order chi connectivity index (χ0) is 13.0. The van der Waals surface area contributed by atoms with Crippen LogP contribution in [0.15, 0.2) is 30.3 Å². The molecule has 1 heterocycles. The number of para-hydroxylation sites is 1. The van der Waals surface area contributed by atoms with Gasteiger partial charge in [-0.05, 0) is 18.6 Å². The Balaban J connectivity index is 2.30. The Morgan fingerprint density at radius 1 is 1.22 bits per heavy atom. The number of ether oxygens (including phenoxy) is 1. The average Bonchev–Trinajstić information content (AvgIpc) is 2.38. The maximum atomic E-state index is 5.99. The second kappa shape index (κ2) is 5.83. The van der Waals surface area contributed by atoms with E-state index in [4.69, 9.17) is 16.3 Å². The number of aromatic nitrogens is 2. The predicted molar refractivity (Wildman–Crippen MR) is 72.2 cm³/mol. The average molecular weight is 263 g/mol. The minimum atomic E-state index is 0.492. The van der Waals surface area contributed by atoms with Crippen LogP contribution in [0.1, 0.15) is 24.0 Å². The second-order valence-electron chi connectivity index (χ2n) is 3.94. The van der Waals surface area contributed by atoms with Gasteiger partial charge in [-0.2, -0.15) is 0 Å². The van der Waals surface area contributed by atoms with Crippen molar-refractivity contribution in [2.45, 2.75) is 19.8 Å². The van der Waals surface area contributed by atoms with Gasteiger partial charge in [0.05, 0.1) is 7.11 Å². The van der Waals surface area contributed by atoms with Crippen molar-refractivity contribution in [3.8, 4) is 5.75 Å². The molecule has 4 heteroatoms. The van der Waals surface area contributed by atoms with E-state index in [1.807, 2.05) is 31.2 Å². The van der Waals surface area contributed by atoms with E-state index in [0.29, 0.717) is 11.6 Å². The van der Waals surface area contributed by atoms with Gasteiger partial charge in [-0.1, -0.05) is 36.7 Å². The first kappa shape index (κ1) is 12.8. The molecule has 0 radical (unpaired) electrons. The summed E-state index contributed by atoms with van der Waals surface area (Å²) in [6, 6.07) is 9.66. The Kier molecular flexibility index (Phi) is 4.15. The molecule has 94 valence electrons. The van der Waals surface area contributed by atoms with Gasteiger partial charge in [-0.15, -0.1) is 0 Å². The van der Waals surface area contributed by atoms with E-state index < -0.39 is 0 Å². The van der Waals surface area contributed by atoms with Gasteiger partial charge in [0.25, 0.3) is 0 Å². The van der Waals surface area contributed by atoms with Crippen LogP contribution in [0, 0.1) is 0 Å². The van der Waals surface area contributed by atoms with Crippen molar-refractivity contribution in [3.63, 3.8) is 0 Å². The Morgan fingerprint density at radius 3 is 2.72 bits per heavy atom. The summed E-state index contributed by atoms with van der Waals surface area (Å²) in [5, 5.41) is 0.492. The lowest BCUT2D eigenvalue weighted by atomic mass is 10.1. The van der Waals surface area contributed by atoms with Gasteiger partial charge in [-0.3, -0.25) is 0 Å². The molecular formula is C14H15ClN2O. The molecule has 0 fully saturated rings. The molecule has 0 N–H and O–H groups in total. The summed E-state index contributed by atoms with van der Waals surface area (Å²) in [7, 11) is 1.66. The number of hydrogen-bond acceptors (Lipinski definition) is 3. The van der Waals surface area contributed by atoms with Crippen molar-refractivity contribution >= 4 is 11.6 Å². The number of hydrogen-bond donors (Lipinski definition) is 0. The lowest BCUT2D eigenvalue weighted by Crippen LogP contribution is -2.01. The Bertz CT molecular complexity index is 543. The van der Waals surface area contributed by atoms with Crippen LogP contribution in [-0.2, 0) is 12.8 Å². The molecule has 0 amide bonds. The Hall–Kier alpha value is -1.61. The molecule has 0 atom stereocenters. The molecule has 3 nitrogen and oxygen atoms in total. The summed E-state index contributed by atoms with van der Waals surface area (Å²) in [6.45, 7) is 2.05. The van der Waals surface area contributed by atoms with Crippen LogP contribution in [0.2, 0.25) is 5.15 Å². The van der Waals surface area contributed by atoms with Gasteiger partial charge in [-0.25, -0.2) is 9.97 Å². The summed E-state index contributed by atoms with van der Waals surface area (Å²) >= 11 is 5.99. The number of halogens is 1. The zero-order valence-corrected chi connectivity index (χ0v) is 11.2. The summed E-state index contributed by atoms with van der Waals surface area (Å²) in [6.07, 6.45) is 1.47. The monoisotopic (exact) mass is 262 g/mol. The van der Waals surface area contributed by atoms with Gasteiger partial charge in [0.2, 0.25) is 0 Å². The van der Waals surface area contributed by atoms with Gasteiger partial charge in [0.15, 0.2) is 0 Å². The molecule has 2 rings (SSSR count). The molecule has 0 aliphatic rings. The first-order chi connectivity index (χ1) is 8.72. The summed E-state index contributed by atoms with van der Waals surface area (Å²) in [5.41, 5.74) is 2.02. The SMILES string of the molecule is CCc1cc(Cl)nc(Cc2ccccc2OC)n1. The van der Waals surface area contributed by atoms with Crippen LogP contribution >= 0.6 is 11.6 Å². The first-order valence-electron chi connectivity index (χ1n) is 5.87. The van der Waals surface area contributed by atoms with Crippen molar-refractivity contribution in [2.75, 3.05) is 7.11 Å². The standard InChI is InChI=1S/C14H15ClN2O/c1-3-11-9-13(15)17-14(16-11)8-10-6-4-5-7-12(10)18-2/h4-7,9H,3,8H2,1-2H3. The van der Waals surface area contributed by atoms with Crippen LogP contribution < -0.4 is 4.74 Å². The molecule has 1 aromatic heterocycles. The normalized spacial score (nSPS) is 10.4. The lowest BCUT2D eigenvalue weighted by Gasteiger charge is -2.08. The predicted octanol–water partition coefficient (Wildman–Crippen LogP) is 3.29. The summed E-state index contributed by atoms with van der Waals surface area (Å²) in [5.74, 6) is 1.57. The van der Waals surface area contributed by atoms with Gasteiger partial charge in [0.1, 0.15) is 16.7 Å². The van der Waals surface area contributed by atoms with E-state index in [2.05, 4.69) is 9.97 Å². The molecule has 0 unspecified atom stereocenters. The maximum Gasteiger partial charge on any atom is 0.134 e. The van der Waals surface area contributed by atoms with Gasteiger partial charge < -0.3 is 4.74 Å². The van der Waals surface area contributed by atoms with E-state index in [-0.39, 0.29) is 0 Å². The smallest absolute Gasteiger partial charge is 0.134 e. The number of methoxy groups -OCH3 is 1. The van der Waals surface area contributed by atoms with Crippen LogP contribution in [0.3, 0.4) is 0 Å². The molecular weight excluding hydrogens is 248 g/mol. The summed E-state index contributed by atoms with van der Waals surface area (Å²) < 4.78 is 5.32. The highest BCUT2D eigenvalue weighted by molar-refractivity contribution is 6.29. The zero-order valence-electron chi connectivity index (χ0n) is 10.5. The van der Waals surface area contributed by atoms with E-state index in [0.717, 1.165) is 29.3 Å². The highest BCUT2D eigenvalue weighted by atomic mass is 35.5. The molecule has 1 aromatic carbocycles. The minimum Gasteiger partial charge on any atom is -0.496 e. The topological polar surface area (TPSA) is 35.0 Å². The number of aryl methyl sites for hydroxylation is 1. The first-order valence-corrected chi connectivity index (χ1v) is 6.25. The number of benzene rings is 1. The van der Waals surface area contributed by atoms with Crippen LogP contribution in [0.4, 0.5) is 0 Å². The fraction of sp³-hybridized carbons (Fsp3) is 0.286. The molecule has 0 saturated heterocycles. The highest BCUT2D eigenvalue weighted by Gasteiger charge is 2.07. The van der Waals surface area contributed by atoms with Crippen molar-refractivity contribution in [3.05, 3.63) is 52.6 Å². The van der Waals surface area contributed by atoms with E-state index in [1.54, 1.807) is 13.2 Å². The summed E-state index contributed by atoms with van der Waals surface area (Å²) in [4.78, 5) is 8.72. The minimum absolute atomic E-state index is 0.492. The Morgan fingerprint density at radius 2 is 2.00 bits per heavy atom. The largest absolute Gasteiger partial charge is 0.496 e. The maximum absolute atomic E-state index is 5.99. The lowest BCUT2D eigenvalue weighted by molar-refractivity contribution is 0.410. The number of rotatable bonds is 4. The molecule has 0 saturated carbocycles. The molecule has 0 spiro atoms. The van der Waals surface area contributed by atoms with Gasteiger partial charge in [0, 0.05) is 17.7 Å². The molecule has 0 bridgehead atoms. The van der Waals surface area contributed by atoms with E-state index >= 15 is 0 Å². The third kappa shape index (κ3) is 2.99. The molecule has 0 aliphatic heterocycles. The van der Waals surface area contributed by atoms with E-state index in [1.165, 1.54) is 0 Å². The number of nitrogens with zero attached hydrogens (tertiary/aromatic N) is 2. The Labute approximate surface area is 112 Å². The van der Waals surface area contributed by atoms with Crippen LogP contribution in [0.5, 0.6) is 5.75 Å². The third-order valence-corrected chi connectivity index (χ3v) is 2.89. The van der Waals surface area contributed by atoms with Crippen molar-refractivity contribution in [1.82, 2.24) is 9.97 Å². The van der Waals surface area contributed by atoms with Crippen molar-refractivity contribution < 1.29 is 4.74 Å². The second-order valence-corrected chi connectivity index (χ2v) is 4.33.